The van der Waals surface area contributed by atoms with Gasteiger partial charge < -0.3 is 10.1 Å². The molecule has 0 bridgehead atoms. The Hall–Kier alpha value is -0.860. The molecule has 0 radical (unpaired) electrons. The lowest BCUT2D eigenvalue weighted by Crippen LogP contribution is -2.26. The summed E-state index contributed by atoms with van der Waals surface area (Å²) in [6.45, 7) is 9.85. The lowest BCUT2D eigenvalue weighted by molar-refractivity contribution is 0.100. The van der Waals surface area contributed by atoms with Crippen LogP contribution in [-0.2, 0) is 4.74 Å². The predicted molar refractivity (Wildman–Crippen MR) is 89.8 cm³/mol. The summed E-state index contributed by atoms with van der Waals surface area (Å²) in [4.78, 5) is 0. The predicted octanol–water partition coefficient (Wildman–Crippen LogP) is 4.28. The highest BCUT2D eigenvalue weighted by Gasteiger charge is 2.19. The molecule has 2 rings (SSSR count). The Bertz CT molecular complexity index is 410. The number of rotatable bonds is 8. The largest absolute Gasteiger partial charge is 0.378 e. The van der Waals surface area contributed by atoms with Crippen LogP contribution in [0.25, 0.3) is 0 Å². The number of benzene rings is 1. The number of hydrogen-bond donors (Lipinski definition) is 1. The molecule has 2 unspecified atom stereocenters. The average molecular weight is 289 g/mol. The van der Waals surface area contributed by atoms with Gasteiger partial charge in [-0.2, -0.15) is 0 Å². The lowest BCUT2D eigenvalue weighted by Gasteiger charge is -2.21. The maximum Gasteiger partial charge on any atom is 0.0576 e. The zero-order valence-electron chi connectivity index (χ0n) is 13.9. The van der Waals surface area contributed by atoms with Gasteiger partial charge in [-0.15, -0.1) is 0 Å². The normalized spacial score (nSPS) is 20.1. The first kappa shape index (κ1) is 16.5. The molecule has 1 aliphatic rings. The number of nitrogens with one attached hydrogen (secondary N) is 1. The van der Waals surface area contributed by atoms with Crippen LogP contribution >= 0.6 is 0 Å². The molecule has 1 N–H and O–H groups in total. The number of hydrogen-bond acceptors (Lipinski definition) is 2. The lowest BCUT2D eigenvalue weighted by atomic mass is 9.91. The molecule has 0 aromatic heterocycles. The second kappa shape index (κ2) is 8.55. The maximum absolute atomic E-state index is 5.79. The van der Waals surface area contributed by atoms with E-state index in [0.717, 1.165) is 19.7 Å². The van der Waals surface area contributed by atoms with Gasteiger partial charge in [0.25, 0.3) is 0 Å². The standard InChI is InChI=1S/C19H31NO/c1-15(2)13-20-14-18(9-10-19-8-5-11-21-19)17-7-4-6-16(3)12-17/h4,6-7,12,15,18-20H,5,8-11,13-14H2,1-3H3. The van der Waals surface area contributed by atoms with Crippen LogP contribution in [0.2, 0.25) is 0 Å². The van der Waals surface area contributed by atoms with Gasteiger partial charge in [0, 0.05) is 13.2 Å². The molecule has 1 saturated heterocycles. The third kappa shape index (κ3) is 5.80. The molecule has 0 spiro atoms. The van der Waals surface area contributed by atoms with Crippen LogP contribution in [0.1, 0.15) is 56.6 Å². The molecule has 2 nitrogen and oxygen atoms in total. The summed E-state index contributed by atoms with van der Waals surface area (Å²) >= 11 is 0. The van der Waals surface area contributed by atoms with Crippen molar-refractivity contribution < 1.29 is 4.74 Å². The van der Waals surface area contributed by atoms with Crippen LogP contribution < -0.4 is 5.32 Å². The van der Waals surface area contributed by atoms with E-state index in [4.69, 9.17) is 4.74 Å². The zero-order chi connectivity index (χ0) is 15.1. The van der Waals surface area contributed by atoms with E-state index in [-0.39, 0.29) is 0 Å². The van der Waals surface area contributed by atoms with E-state index in [2.05, 4.69) is 50.4 Å². The smallest absolute Gasteiger partial charge is 0.0576 e. The molecule has 1 aliphatic heterocycles. The summed E-state index contributed by atoms with van der Waals surface area (Å²) in [5.41, 5.74) is 2.84. The van der Waals surface area contributed by atoms with E-state index < -0.39 is 0 Å². The Morgan fingerprint density at radius 3 is 2.81 bits per heavy atom. The van der Waals surface area contributed by atoms with E-state index in [1.807, 2.05) is 0 Å². The van der Waals surface area contributed by atoms with Crippen LogP contribution in [0.3, 0.4) is 0 Å². The fourth-order valence-corrected chi connectivity index (χ4v) is 3.12. The van der Waals surface area contributed by atoms with E-state index in [1.165, 1.54) is 36.8 Å². The fraction of sp³-hybridized carbons (Fsp3) is 0.684. The zero-order valence-corrected chi connectivity index (χ0v) is 13.9. The molecule has 0 saturated carbocycles. The Labute approximate surface area is 130 Å². The third-order valence-electron chi connectivity index (χ3n) is 4.32. The van der Waals surface area contributed by atoms with Gasteiger partial charge in [-0.25, -0.2) is 0 Å². The molecule has 1 aromatic carbocycles. The minimum Gasteiger partial charge on any atom is -0.378 e. The molecule has 0 amide bonds. The van der Waals surface area contributed by atoms with Crippen molar-refractivity contribution in [2.45, 2.75) is 58.5 Å². The van der Waals surface area contributed by atoms with Gasteiger partial charge in [0.2, 0.25) is 0 Å². The first-order valence-electron chi connectivity index (χ1n) is 8.54. The highest BCUT2D eigenvalue weighted by molar-refractivity contribution is 5.25. The summed E-state index contributed by atoms with van der Waals surface area (Å²) < 4.78 is 5.79. The summed E-state index contributed by atoms with van der Waals surface area (Å²) in [5.74, 6) is 1.31. The van der Waals surface area contributed by atoms with Crippen molar-refractivity contribution >= 4 is 0 Å². The SMILES string of the molecule is Cc1cccc(C(CCC2CCCO2)CNCC(C)C)c1. The van der Waals surface area contributed by atoms with Gasteiger partial charge in [0.15, 0.2) is 0 Å². The molecule has 1 heterocycles. The van der Waals surface area contributed by atoms with Crippen LogP contribution in [-0.4, -0.2) is 25.8 Å². The Balaban J connectivity index is 1.91. The van der Waals surface area contributed by atoms with Crippen molar-refractivity contribution in [3.05, 3.63) is 35.4 Å². The van der Waals surface area contributed by atoms with Crippen LogP contribution in [0, 0.1) is 12.8 Å². The quantitative estimate of drug-likeness (QED) is 0.771. The number of aryl methyl sites for hydroxylation is 1. The first-order chi connectivity index (χ1) is 10.1. The van der Waals surface area contributed by atoms with Gasteiger partial charge in [0.05, 0.1) is 6.10 Å². The highest BCUT2D eigenvalue weighted by atomic mass is 16.5. The Morgan fingerprint density at radius 1 is 1.29 bits per heavy atom. The minimum atomic E-state index is 0.502. The molecule has 0 aliphatic carbocycles. The topological polar surface area (TPSA) is 21.3 Å². The van der Waals surface area contributed by atoms with Crippen LogP contribution in [0.5, 0.6) is 0 Å². The fourth-order valence-electron chi connectivity index (χ4n) is 3.12. The molecule has 1 aromatic rings. The van der Waals surface area contributed by atoms with Gasteiger partial charge in [-0.1, -0.05) is 43.7 Å². The van der Waals surface area contributed by atoms with Crippen molar-refractivity contribution in [1.82, 2.24) is 5.32 Å². The van der Waals surface area contributed by atoms with Crippen molar-refractivity contribution in [1.29, 1.82) is 0 Å². The summed E-state index contributed by atoms with van der Waals surface area (Å²) in [7, 11) is 0. The van der Waals surface area contributed by atoms with E-state index in [1.54, 1.807) is 0 Å². The second-order valence-corrected chi connectivity index (χ2v) is 6.88. The van der Waals surface area contributed by atoms with Crippen LogP contribution in [0.15, 0.2) is 24.3 Å². The van der Waals surface area contributed by atoms with Crippen molar-refractivity contribution in [3.8, 4) is 0 Å². The monoisotopic (exact) mass is 289 g/mol. The van der Waals surface area contributed by atoms with Crippen molar-refractivity contribution in [2.24, 2.45) is 5.92 Å². The summed E-state index contributed by atoms with van der Waals surface area (Å²) in [5, 5.41) is 3.64. The first-order valence-corrected chi connectivity index (χ1v) is 8.54. The molecular formula is C19H31NO. The third-order valence-corrected chi connectivity index (χ3v) is 4.32. The molecule has 118 valence electrons. The maximum atomic E-state index is 5.79. The van der Waals surface area contributed by atoms with Crippen molar-refractivity contribution in [2.75, 3.05) is 19.7 Å². The number of ether oxygens (including phenoxy) is 1. The highest BCUT2D eigenvalue weighted by Crippen LogP contribution is 2.26. The van der Waals surface area contributed by atoms with E-state index in [0.29, 0.717) is 17.9 Å². The second-order valence-electron chi connectivity index (χ2n) is 6.88. The Morgan fingerprint density at radius 2 is 2.14 bits per heavy atom. The van der Waals surface area contributed by atoms with Gasteiger partial charge >= 0.3 is 0 Å². The van der Waals surface area contributed by atoms with Crippen LogP contribution in [0.4, 0.5) is 0 Å². The van der Waals surface area contributed by atoms with Gasteiger partial charge in [-0.3, -0.25) is 0 Å². The molecular weight excluding hydrogens is 258 g/mol. The van der Waals surface area contributed by atoms with E-state index >= 15 is 0 Å². The summed E-state index contributed by atoms with van der Waals surface area (Å²) in [6, 6.07) is 9.00. The van der Waals surface area contributed by atoms with Crippen molar-refractivity contribution in [3.63, 3.8) is 0 Å². The molecule has 1 fully saturated rings. The molecule has 21 heavy (non-hydrogen) atoms. The van der Waals surface area contributed by atoms with Gasteiger partial charge in [0.1, 0.15) is 0 Å². The minimum absolute atomic E-state index is 0.502. The molecule has 2 heteroatoms. The summed E-state index contributed by atoms with van der Waals surface area (Å²) in [6.07, 6.45) is 5.41. The van der Waals surface area contributed by atoms with E-state index in [9.17, 15) is 0 Å². The van der Waals surface area contributed by atoms with Gasteiger partial charge in [-0.05, 0) is 56.6 Å². The Kier molecular flexibility index (Phi) is 6.72. The molecule has 2 atom stereocenters. The average Bonchev–Trinajstić information content (AvgIpc) is 2.95.